The van der Waals surface area contributed by atoms with E-state index in [0.29, 0.717) is 30.9 Å². The number of primary amides is 1. The Morgan fingerprint density at radius 1 is 1.14 bits per heavy atom. The SMILES string of the molecule is CCC(NC(=O)C(C(C)C)N(C(=O)c1ccc(OC)cc1)c1ccccc1C(N)=O)N1CC=NC1. The van der Waals surface area contributed by atoms with Crippen LogP contribution in [0.2, 0.25) is 0 Å². The highest BCUT2D eigenvalue weighted by Gasteiger charge is 2.37. The van der Waals surface area contributed by atoms with E-state index in [-0.39, 0.29) is 29.2 Å². The van der Waals surface area contributed by atoms with E-state index in [4.69, 9.17) is 10.5 Å². The summed E-state index contributed by atoms with van der Waals surface area (Å²) in [5, 5.41) is 3.09. The maximum atomic E-state index is 13.9. The molecule has 0 spiro atoms. The van der Waals surface area contributed by atoms with Crippen LogP contribution in [-0.4, -0.2) is 61.4 Å². The molecule has 2 aromatic rings. The molecular formula is C26H33N5O4. The molecule has 9 nitrogen and oxygen atoms in total. The summed E-state index contributed by atoms with van der Waals surface area (Å²) in [5.74, 6) is -1.10. The molecule has 1 aliphatic rings. The third-order valence-electron chi connectivity index (χ3n) is 6.01. The fraction of sp³-hybridized carbons (Fsp3) is 0.385. The van der Waals surface area contributed by atoms with Crippen molar-refractivity contribution >= 4 is 29.6 Å². The second-order valence-electron chi connectivity index (χ2n) is 8.68. The summed E-state index contributed by atoms with van der Waals surface area (Å²) in [6.07, 6.45) is 2.25. The number of carbonyl (C=O) groups excluding carboxylic acids is 3. The fourth-order valence-corrected chi connectivity index (χ4v) is 4.18. The van der Waals surface area contributed by atoms with Crippen LogP contribution >= 0.6 is 0 Å². The predicted octanol–water partition coefficient (Wildman–Crippen LogP) is 2.66. The molecule has 3 N–H and O–H groups in total. The Morgan fingerprint density at radius 3 is 2.37 bits per heavy atom. The number of nitrogens with zero attached hydrogens (tertiary/aromatic N) is 3. The van der Waals surface area contributed by atoms with Crippen molar-refractivity contribution in [3.05, 3.63) is 59.7 Å². The number of methoxy groups -OCH3 is 1. The minimum atomic E-state index is -0.900. The van der Waals surface area contributed by atoms with E-state index < -0.39 is 17.9 Å². The third kappa shape index (κ3) is 5.86. The van der Waals surface area contributed by atoms with Gasteiger partial charge in [0.05, 0.1) is 31.2 Å². The van der Waals surface area contributed by atoms with Gasteiger partial charge in [-0.3, -0.25) is 29.2 Å². The zero-order valence-corrected chi connectivity index (χ0v) is 20.6. The normalized spacial score (nSPS) is 15.0. The number of anilines is 1. The van der Waals surface area contributed by atoms with Crippen LogP contribution in [0.15, 0.2) is 53.5 Å². The Bertz CT molecular complexity index is 1080. The number of carbonyl (C=O) groups is 3. The van der Waals surface area contributed by atoms with Gasteiger partial charge in [0.2, 0.25) is 5.91 Å². The standard InChI is InChI=1S/C26H33N5O4/c1-5-22(30-15-14-28-16-30)29-25(33)23(17(2)3)31(21-9-7-6-8-20(21)24(27)32)26(34)18-10-12-19(35-4)13-11-18/h6-14,17,22-23H,5,15-16H2,1-4H3,(H2,27,32)(H,29,33). The van der Waals surface area contributed by atoms with Gasteiger partial charge in [0.15, 0.2) is 0 Å². The van der Waals surface area contributed by atoms with Gasteiger partial charge >= 0.3 is 0 Å². The third-order valence-corrected chi connectivity index (χ3v) is 6.01. The molecule has 0 fully saturated rings. The minimum absolute atomic E-state index is 0.160. The molecule has 0 aromatic heterocycles. The van der Waals surface area contributed by atoms with E-state index in [1.165, 1.54) is 4.90 Å². The van der Waals surface area contributed by atoms with E-state index in [2.05, 4.69) is 10.3 Å². The highest BCUT2D eigenvalue weighted by Crippen LogP contribution is 2.28. The summed E-state index contributed by atoms with van der Waals surface area (Å²) in [7, 11) is 1.54. The van der Waals surface area contributed by atoms with Crippen LogP contribution in [0.5, 0.6) is 5.75 Å². The lowest BCUT2D eigenvalue weighted by atomic mass is 9.97. The zero-order chi connectivity index (χ0) is 25.5. The van der Waals surface area contributed by atoms with Gasteiger partial charge in [0.1, 0.15) is 11.8 Å². The molecule has 186 valence electrons. The maximum absolute atomic E-state index is 13.9. The van der Waals surface area contributed by atoms with Gasteiger partial charge in [-0.05, 0) is 48.7 Å². The van der Waals surface area contributed by atoms with Crippen LogP contribution in [0.3, 0.4) is 0 Å². The lowest BCUT2D eigenvalue weighted by Crippen LogP contribution is -2.57. The smallest absolute Gasteiger partial charge is 0.259 e. The zero-order valence-electron chi connectivity index (χ0n) is 20.6. The topological polar surface area (TPSA) is 117 Å². The van der Waals surface area contributed by atoms with Crippen molar-refractivity contribution < 1.29 is 19.1 Å². The molecule has 3 rings (SSSR count). The number of hydrogen-bond donors (Lipinski definition) is 2. The van der Waals surface area contributed by atoms with Crippen LogP contribution in [-0.2, 0) is 4.79 Å². The Labute approximate surface area is 205 Å². The number of nitrogens with two attached hydrogens (primary N) is 1. The quantitative estimate of drug-likeness (QED) is 0.543. The molecular weight excluding hydrogens is 446 g/mol. The molecule has 0 saturated heterocycles. The van der Waals surface area contributed by atoms with Crippen LogP contribution < -0.4 is 20.7 Å². The summed E-state index contributed by atoms with van der Waals surface area (Å²) < 4.78 is 5.21. The first-order chi connectivity index (χ1) is 16.8. The molecule has 2 atom stereocenters. The summed E-state index contributed by atoms with van der Waals surface area (Å²) in [4.78, 5) is 47.6. The van der Waals surface area contributed by atoms with Gasteiger partial charge in [0, 0.05) is 18.3 Å². The van der Waals surface area contributed by atoms with Gasteiger partial charge < -0.3 is 15.8 Å². The first-order valence-electron chi connectivity index (χ1n) is 11.7. The Morgan fingerprint density at radius 2 is 1.83 bits per heavy atom. The molecule has 2 unspecified atom stereocenters. The Hall–Kier alpha value is -3.72. The van der Waals surface area contributed by atoms with Crippen LogP contribution in [0.1, 0.15) is 47.9 Å². The van der Waals surface area contributed by atoms with Gasteiger partial charge in [0.25, 0.3) is 11.8 Å². The molecule has 0 aliphatic carbocycles. The van der Waals surface area contributed by atoms with Crippen LogP contribution in [0, 0.1) is 5.92 Å². The van der Waals surface area contributed by atoms with Crippen molar-refractivity contribution in [2.45, 2.75) is 39.4 Å². The highest BCUT2D eigenvalue weighted by molar-refractivity contribution is 6.13. The predicted molar refractivity (Wildman–Crippen MR) is 136 cm³/mol. The largest absolute Gasteiger partial charge is 0.497 e. The average molecular weight is 480 g/mol. The minimum Gasteiger partial charge on any atom is -0.497 e. The number of para-hydroxylation sites is 1. The molecule has 3 amide bonds. The van der Waals surface area contributed by atoms with Crippen molar-refractivity contribution in [1.29, 1.82) is 0 Å². The lowest BCUT2D eigenvalue weighted by Gasteiger charge is -2.36. The molecule has 2 aromatic carbocycles. The van der Waals surface area contributed by atoms with E-state index in [0.717, 1.165) is 0 Å². The van der Waals surface area contributed by atoms with Gasteiger partial charge in [-0.15, -0.1) is 0 Å². The van der Waals surface area contributed by atoms with Crippen LogP contribution in [0.4, 0.5) is 5.69 Å². The number of nitrogens with one attached hydrogen (secondary N) is 1. The molecule has 9 heteroatoms. The molecule has 0 bridgehead atoms. The lowest BCUT2D eigenvalue weighted by molar-refractivity contribution is -0.125. The molecule has 0 radical (unpaired) electrons. The summed E-state index contributed by atoms with van der Waals surface area (Å²) in [6.45, 7) is 6.86. The van der Waals surface area contributed by atoms with Crippen molar-refractivity contribution in [2.75, 3.05) is 25.2 Å². The summed E-state index contributed by atoms with van der Waals surface area (Å²) >= 11 is 0. The number of rotatable bonds is 10. The van der Waals surface area contributed by atoms with E-state index in [9.17, 15) is 14.4 Å². The van der Waals surface area contributed by atoms with Gasteiger partial charge in [-0.2, -0.15) is 0 Å². The summed E-state index contributed by atoms with van der Waals surface area (Å²) in [6, 6.07) is 12.3. The number of aliphatic imine (C=N–C) groups is 1. The van der Waals surface area contributed by atoms with E-state index >= 15 is 0 Å². The maximum Gasteiger partial charge on any atom is 0.259 e. The summed E-state index contributed by atoms with van der Waals surface area (Å²) in [5.41, 5.74) is 6.45. The molecule has 1 aliphatic heterocycles. The number of hydrogen-bond acceptors (Lipinski definition) is 6. The van der Waals surface area contributed by atoms with Crippen molar-refractivity contribution in [1.82, 2.24) is 10.2 Å². The van der Waals surface area contributed by atoms with Crippen molar-refractivity contribution in [3.63, 3.8) is 0 Å². The first-order valence-corrected chi connectivity index (χ1v) is 11.7. The second kappa shape index (κ2) is 11.6. The van der Waals surface area contributed by atoms with E-state index in [1.54, 1.807) is 55.6 Å². The van der Waals surface area contributed by atoms with Crippen molar-refractivity contribution in [3.8, 4) is 5.75 Å². The average Bonchev–Trinajstić information content (AvgIpc) is 3.40. The second-order valence-corrected chi connectivity index (χ2v) is 8.68. The molecule has 0 saturated carbocycles. The number of amides is 3. The highest BCUT2D eigenvalue weighted by atomic mass is 16.5. The Kier molecular flexibility index (Phi) is 8.59. The Balaban J connectivity index is 2.06. The van der Waals surface area contributed by atoms with Crippen LogP contribution in [0.25, 0.3) is 0 Å². The molecule has 1 heterocycles. The first kappa shape index (κ1) is 25.9. The monoisotopic (exact) mass is 479 g/mol. The fourth-order valence-electron chi connectivity index (χ4n) is 4.18. The van der Waals surface area contributed by atoms with E-state index in [1.807, 2.05) is 31.9 Å². The van der Waals surface area contributed by atoms with Gasteiger partial charge in [-0.25, -0.2) is 0 Å². The number of benzene rings is 2. The molecule has 35 heavy (non-hydrogen) atoms. The van der Waals surface area contributed by atoms with Crippen molar-refractivity contribution in [2.24, 2.45) is 16.6 Å². The number of ether oxygens (including phenoxy) is 1. The van der Waals surface area contributed by atoms with Gasteiger partial charge in [-0.1, -0.05) is 32.9 Å².